The Labute approximate surface area is 354 Å². The van der Waals surface area contributed by atoms with Gasteiger partial charge in [-0.15, -0.1) is 0 Å². The quantitative estimate of drug-likeness (QED) is 0.117. The van der Waals surface area contributed by atoms with Crippen LogP contribution in [0.3, 0.4) is 0 Å². The van der Waals surface area contributed by atoms with Crippen LogP contribution in [0.1, 0.15) is 62.8 Å². The number of hydrogen-bond donors (Lipinski definition) is 4. The molecule has 7 heteroatoms. The molecule has 0 aliphatic carbocycles. The molecule has 306 valence electrons. The van der Waals surface area contributed by atoms with Gasteiger partial charge in [-0.3, -0.25) is 14.7 Å². The van der Waals surface area contributed by atoms with Gasteiger partial charge in [-0.25, -0.2) is 0 Å². The van der Waals surface area contributed by atoms with Crippen LogP contribution in [0.5, 0.6) is 5.75 Å². The third kappa shape index (κ3) is 8.80. The maximum Gasteiger partial charge on any atom is 0.125 e. The molecule has 0 saturated carbocycles. The Hall–Kier alpha value is -6.38. The van der Waals surface area contributed by atoms with Gasteiger partial charge in [-0.05, 0) is 108 Å². The number of hydrogen-bond acceptors (Lipinski definition) is 4. The van der Waals surface area contributed by atoms with E-state index >= 15 is 0 Å². The molecule has 6 aromatic carbocycles. The van der Waals surface area contributed by atoms with Crippen molar-refractivity contribution < 1.29 is 5.11 Å². The molecule has 0 spiro atoms. The van der Waals surface area contributed by atoms with Crippen LogP contribution in [0.2, 0.25) is 0 Å². The van der Waals surface area contributed by atoms with Crippen molar-refractivity contribution in [1.82, 2.24) is 29.7 Å². The zero-order valence-corrected chi connectivity index (χ0v) is 36.1. The van der Waals surface area contributed by atoms with E-state index in [0.717, 1.165) is 16.5 Å². The van der Waals surface area contributed by atoms with E-state index < -0.39 is 0 Å². The molecule has 0 radical (unpaired) electrons. The summed E-state index contributed by atoms with van der Waals surface area (Å²) in [7, 11) is 12.6. The number of aromatic amines is 3. The van der Waals surface area contributed by atoms with Gasteiger partial charge in [0.05, 0.1) is 18.1 Å². The van der Waals surface area contributed by atoms with Crippen molar-refractivity contribution in [2.24, 2.45) is 0 Å². The zero-order valence-electron chi connectivity index (χ0n) is 36.1. The Balaban J connectivity index is 0.000000136. The number of H-pyrrole nitrogens is 3. The van der Waals surface area contributed by atoms with Crippen LogP contribution in [-0.4, -0.2) is 77.0 Å². The van der Waals surface area contributed by atoms with Crippen molar-refractivity contribution in [3.8, 4) is 5.75 Å². The predicted molar refractivity (Wildman–Crippen MR) is 252 cm³/mol. The highest BCUT2D eigenvalue weighted by molar-refractivity contribution is 5.90. The second kappa shape index (κ2) is 18.7. The minimum atomic E-state index is 0.109. The average Bonchev–Trinajstić information content (AvgIpc) is 3.96. The summed E-state index contributed by atoms with van der Waals surface area (Å²) in [5.41, 5.74) is 13.6. The number of aryl methyl sites for hydroxylation is 2. The van der Waals surface area contributed by atoms with Gasteiger partial charge in [0.15, 0.2) is 0 Å². The summed E-state index contributed by atoms with van der Waals surface area (Å²) in [6.45, 7) is 4.34. The molecule has 0 aliphatic rings. The molecule has 0 saturated heterocycles. The first-order valence-corrected chi connectivity index (χ1v) is 20.6. The molecule has 3 heterocycles. The lowest BCUT2D eigenvalue weighted by atomic mass is 9.95. The SMILES string of the molecule is CN(C)C(c1ccccc1)c1c[nH]c2cccc(O)c12.Cc1[nH]c2ccccc2c1C(c1ccccc1)N(C)C.Cc1cccc2[nH]cc(C(c3ccccc3)N(C)C)c12. The number of rotatable bonds is 9. The molecule has 0 fully saturated rings. The maximum atomic E-state index is 10.2. The fraction of sp³-hybridized carbons (Fsp3) is 0.208. The van der Waals surface area contributed by atoms with Crippen LogP contribution < -0.4 is 0 Å². The lowest BCUT2D eigenvalue weighted by Crippen LogP contribution is -2.21. The standard InChI is InChI=1S/2C18H20N2.C17H18N2O/c1-13-8-7-11-16-17(13)15(12-19-16)18(20(2)3)14-9-5-4-6-10-14;1-13-17(15-11-7-8-12-16(15)19-13)18(20(2)3)14-9-5-4-6-10-14;1-19(2)17(12-7-4-3-5-8-12)13-11-18-14-9-6-10-15(20)16(13)14/h2*4-12,18-19H,1-3H3;3-11,17-18,20H,1-2H3. The topological polar surface area (TPSA) is 77.3 Å². The van der Waals surface area contributed by atoms with Crippen molar-refractivity contribution in [3.63, 3.8) is 0 Å². The number of nitrogens with zero attached hydrogens (tertiary/aromatic N) is 3. The van der Waals surface area contributed by atoms with Gasteiger partial charge in [0.1, 0.15) is 5.75 Å². The summed E-state index contributed by atoms with van der Waals surface area (Å²) in [5.74, 6) is 0.321. The fourth-order valence-corrected chi connectivity index (χ4v) is 8.81. The predicted octanol–water partition coefficient (Wildman–Crippen LogP) is 11.8. The van der Waals surface area contributed by atoms with E-state index in [9.17, 15) is 5.11 Å². The van der Waals surface area contributed by atoms with Crippen molar-refractivity contribution in [3.05, 3.63) is 209 Å². The number of fused-ring (bicyclic) bond motifs is 3. The van der Waals surface area contributed by atoms with Crippen LogP contribution in [0.15, 0.2) is 164 Å². The van der Waals surface area contributed by atoms with E-state index in [1.165, 1.54) is 60.9 Å². The van der Waals surface area contributed by atoms with E-state index in [-0.39, 0.29) is 18.1 Å². The summed E-state index contributed by atoms with van der Waals surface area (Å²) in [6.07, 6.45) is 4.14. The largest absolute Gasteiger partial charge is 0.507 e. The molecular formula is C53H58N6O. The first-order chi connectivity index (χ1) is 29.0. The monoisotopic (exact) mass is 794 g/mol. The van der Waals surface area contributed by atoms with Crippen LogP contribution in [-0.2, 0) is 0 Å². The average molecular weight is 795 g/mol. The Morgan fingerprint density at radius 2 is 0.850 bits per heavy atom. The van der Waals surface area contributed by atoms with Crippen LogP contribution in [0, 0.1) is 13.8 Å². The summed E-state index contributed by atoms with van der Waals surface area (Å²) in [4.78, 5) is 16.9. The summed E-state index contributed by atoms with van der Waals surface area (Å²) < 4.78 is 0. The van der Waals surface area contributed by atoms with Crippen molar-refractivity contribution in [1.29, 1.82) is 0 Å². The highest BCUT2D eigenvalue weighted by Crippen LogP contribution is 2.38. The fourth-order valence-electron chi connectivity index (χ4n) is 8.81. The first kappa shape index (κ1) is 41.8. The summed E-state index contributed by atoms with van der Waals surface area (Å²) in [6, 6.07) is 52.9. The van der Waals surface area contributed by atoms with Crippen molar-refractivity contribution in [2.75, 3.05) is 42.3 Å². The van der Waals surface area contributed by atoms with Gasteiger partial charge >= 0.3 is 0 Å². The number of para-hydroxylation sites is 1. The maximum absolute atomic E-state index is 10.2. The second-order valence-electron chi connectivity index (χ2n) is 16.2. The van der Waals surface area contributed by atoms with E-state index in [1.807, 2.05) is 36.5 Å². The van der Waals surface area contributed by atoms with E-state index in [2.05, 4.69) is 207 Å². The Kier molecular flexibility index (Phi) is 13.0. The van der Waals surface area contributed by atoms with E-state index in [1.54, 1.807) is 6.07 Å². The molecule has 3 atom stereocenters. The van der Waals surface area contributed by atoms with Gasteiger partial charge in [0, 0.05) is 61.9 Å². The lowest BCUT2D eigenvalue weighted by Gasteiger charge is -2.25. The van der Waals surface area contributed by atoms with Gasteiger partial charge in [0.2, 0.25) is 0 Å². The molecule has 9 aromatic rings. The molecule has 3 aromatic heterocycles. The minimum absolute atomic E-state index is 0.109. The van der Waals surface area contributed by atoms with Crippen molar-refractivity contribution in [2.45, 2.75) is 32.0 Å². The van der Waals surface area contributed by atoms with Gasteiger partial charge in [-0.1, -0.05) is 127 Å². The molecular weight excluding hydrogens is 737 g/mol. The molecule has 0 amide bonds. The molecule has 7 nitrogen and oxygen atoms in total. The van der Waals surface area contributed by atoms with E-state index in [0.29, 0.717) is 5.75 Å². The van der Waals surface area contributed by atoms with E-state index in [4.69, 9.17) is 0 Å². The number of aromatic nitrogens is 3. The Bertz CT molecular complexity index is 2620. The molecule has 9 rings (SSSR count). The summed E-state index contributed by atoms with van der Waals surface area (Å²) in [5, 5.41) is 13.7. The number of aromatic hydroxyl groups is 1. The summed E-state index contributed by atoms with van der Waals surface area (Å²) >= 11 is 0. The molecule has 60 heavy (non-hydrogen) atoms. The highest BCUT2D eigenvalue weighted by atomic mass is 16.3. The number of phenols is 1. The second-order valence-corrected chi connectivity index (χ2v) is 16.2. The third-order valence-corrected chi connectivity index (χ3v) is 11.4. The van der Waals surface area contributed by atoms with Gasteiger partial charge < -0.3 is 20.1 Å². The highest BCUT2D eigenvalue weighted by Gasteiger charge is 2.24. The zero-order chi connectivity index (χ0) is 42.3. The number of nitrogens with one attached hydrogen (secondary N) is 3. The third-order valence-electron chi connectivity index (χ3n) is 11.4. The molecule has 0 aliphatic heterocycles. The lowest BCUT2D eigenvalue weighted by molar-refractivity contribution is 0.343. The van der Waals surface area contributed by atoms with Crippen LogP contribution in [0.25, 0.3) is 32.7 Å². The molecule has 0 bridgehead atoms. The van der Waals surface area contributed by atoms with Crippen molar-refractivity contribution >= 4 is 32.7 Å². The smallest absolute Gasteiger partial charge is 0.125 e. The van der Waals surface area contributed by atoms with Gasteiger partial charge in [-0.2, -0.15) is 0 Å². The molecule has 3 unspecified atom stereocenters. The molecule has 4 N–H and O–H groups in total. The normalized spacial score (nSPS) is 13.0. The van der Waals surface area contributed by atoms with Crippen LogP contribution in [0.4, 0.5) is 0 Å². The van der Waals surface area contributed by atoms with Gasteiger partial charge in [0.25, 0.3) is 0 Å². The number of benzene rings is 6. The minimum Gasteiger partial charge on any atom is -0.507 e. The van der Waals surface area contributed by atoms with Crippen LogP contribution >= 0.6 is 0 Å². The Morgan fingerprint density at radius 1 is 0.433 bits per heavy atom. The first-order valence-electron chi connectivity index (χ1n) is 20.6. The Morgan fingerprint density at radius 3 is 1.37 bits per heavy atom. The number of phenolic OH excluding ortho intramolecular Hbond substituents is 1.